The molecule has 0 radical (unpaired) electrons. The van der Waals surface area contributed by atoms with Gasteiger partial charge in [-0.05, 0) is 62.6 Å². The lowest BCUT2D eigenvalue weighted by molar-refractivity contribution is -0.116. The van der Waals surface area contributed by atoms with Crippen LogP contribution in [0.4, 0.5) is 11.4 Å². The number of anilines is 2. The second kappa shape index (κ2) is 6.65. The molecule has 2 N–H and O–H groups in total. The Labute approximate surface area is 156 Å². The fraction of sp³-hybridized carbons (Fsp3) is 0.300. The van der Waals surface area contributed by atoms with E-state index in [4.69, 9.17) is 16.0 Å². The van der Waals surface area contributed by atoms with Crippen LogP contribution in [0.25, 0.3) is 11.1 Å². The SMILES string of the molecule is Cc1c(Cl)cccc1NC(=O)C(C)Nc1ccc2oc(C3CC3)nc2c1. The molecular formula is C20H20ClN3O2. The van der Waals surface area contributed by atoms with Crippen LogP contribution >= 0.6 is 11.6 Å². The number of oxazole rings is 1. The van der Waals surface area contributed by atoms with Crippen molar-refractivity contribution in [3.8, 4) is 0 Å². The van der Waals surface area contributed by atoms with Crippen molar-refractivity contribution in [1.82, 2.24) is 4.98 Å². The molecule has 1 amide bonds. The third-order valence-corrected chi connectivity index (χ3v) is 5.04. The van der Waals surface area contributed by atoms with E-state index >= 15 is 0 Å². The van der Waals surface area contributed by atoms with E-state index in [1.807, 2.05) is 44.2 Å². The molecule has 1 aliphatic carbocycles. The average Bonchev–Trinajstić information content (AvgIpc) is 3.38. The highest BCUT2D eigenvalue weighted by molar-refractivity contribution is 6.31. The van der Waals surface area contributed by atoms with Gasteiger partial charge >= 0.3 is 0 Å². The Kier molecular flexibility index (Phi) is 4.32. The summed E-state index contributed by atoms with van der Waals surface area (Å²) in [5.41, 5.74) is 4.00. The van der Waals surface area contributed by atoms with Gasteiger partial charge in [0.2, 0.25) is 5.91 Å². The molecule has 0 spiro atoms. The van der Waals surface area contributed by atoms with Crippen molar-refractivity contribution in [2.45, 2.75) is 38.6 Å². The number of hydrogen-bond acceptors (Lipinski definition) is 4. The summed E-state index contributed by atoms with van der Waals surface area (Å²) in [6, 6.07) is 10.8. The zero-order valence-corrected chi connectivity index (χ0v) is 15.4. The fourth-order valence-electron chi connectivity index (χ4n) is 2.84. The monoisotopic (exact) mass is 369 g/mol. The minimum Gasteiger partial charge on any atom is -0.440 e. The predicted octanol–water partition coefficient (Wildman–Crippen LogP) is 5.11. The first kappa shape index (κ1) is 16.9. The first-order chi connectivity index (χ1) is 12.5. The van der Waals surface area contributed by atoms with Crippen molar-refractivity contribution in [2.24, 2.45) is 0 Å². The number of amides is 1. The summed E-state index contributed by atoms with van der Waals surface area (Å²) in [4.78, 5) is 17.0. The number of nitrogens with zero attached hydrogens (tertiary/aromatic N) is 1. The number of carbonyl (C=O) groups is 1. The fourth-order valence-corrected chi connectivity index (χ4v) is 3.01. The largest absolute Gasteiger partial charge is 0.440 e. The smallest absolute Gasteiger partial charge is 0.246 e. The van der Waals surface area contributed by atoms with Gasteiger partial charge in [0.1, 0.15) is 11.6 Å². The first-order valence-corrected chi connectivity index (χ1v) is 9.12. The van der Waals surface area contributed by atoms with Crippen LogP contribution in [0.1, 0.15) is 37.1 Å². The van der Waals surface area contributed by atoms with Crippen molar-refractivity contribution in [1.29, 1.82) is 0 Å². The molecule has 1 heterocycles. The Morgan fingerprint density at radius 3 is 2.88 bits per heavy atom. The summed E-state index contributed by atoms with van der Waals surface area (Å²) in [6.07, 6.45) is 2.30. The Morgan fingerprint density at radius 2 is 2.12 bits per heavy atom. The Bertz CT molecular complexity index is 978. The van der Waals surface area contributed by atoms with Crippen molar-refractivity contribution in [3.63, 3.8) is 0 Å². The Hall–Kier alpha value is -2.53. The summed E-state index contributed by atoms with van der Waals surface area (Å²) < 4.78 is 5.77. The number of carbonyl (C=O) groups excluding carboxylic acids is 1. The molecule has 0 saturated heterocycles. The van der Waals surface area contributed by atoms with Gasteiger partial charge in [0, 0.05) is 22.3 Å². The van der Waals surface area contributed by atoms with Crippen molar-refractivity contribution in [3.05, 3.63) is 52.9 Å². The summed E-state index contributed by atoms with van der Waals surface area (Å²) >= 11 is 6.11. The minimum absolute atomic E-state index is 0.130. The van der Waals surface area contributed by atoms with Crippen LogP contribution in [0, 0.1) is 6.92 Å². The molecule has 4 rings (SSSR count). The van der Waals surface area contributed by atoms with Crippen molar-refractivity contribution >= 4 is 40.0 Å². The quantitative estimate of drug-likeness (QED) is 0.656. The van der Waals surface area contributed by atoms with Gasteiger partial charge in [-0.25, -0.2) is 4.98 Å². The van der Waals surface area contributed by atoms with Gasteiger partial charge in [-0.2, -0.15) is 0 Å². The van der Waals surface area contributed by atoms with Crippen LogP contribution in [0.2, 0.25) is 5.02 Å². The standard InChI is InChI=1S/C20H20ClN3O2/c1-11-15(21)4-3-5-16(11)23-19(25)12(2)22-14-8-9-18-17(10-14)24-20(26-18)13-6-7-13/h3-5,8-10,12-13,22H,6-7H2,1-2H3,(H,23,25). The van der Waals surface area contributed by atoms with Gasteiger partial charge in [-0.3, -0.25) is 4.79 Å². The molecule has 0 bridgehead atoms. The van der Waals surface area contributed by atoms with Gasteiger partial charge in [0.05, 0.1) is 0 Å². The number of fused-ring (bicyclic) bond motifs is 1. The van der Waals surface area contributed by atoms with Crippen molar-refractivity contribution < 1.29 is 9.21 Å². The second-order valence-corrected chi connectivity index (χ2v) is 7.18. The molecule has 2 aromatic carbocycles. The molecule has 0 aliphatic heterocycles. The topological polar surface area (TPSA) is 67.2 Å². The van der Waals surface area contributed by atoms with Crippen molar-refractivity contribution in [2.75, 3.05) is 10.6 Å². The van der Waals surface area contributed by atoms with E-state index in [9.17, 15) is 4.79 Å². The number of nitrogens with one attached hydrogen (secondary N) is 2. The van der Waals surface area contributed by atoms with Gasteiger partial charge in [-0.1, -0.05) is 17.7 Å². The normalized spacial score (nSPS) is 15.0. The van der Waals surface area contributed by atoms with Crippen LogP contribution in [-0.2, 0) is 4.79 Å². The molecule has 3 aromatic rings. The van der Waals surface area contributed by atoms with Gasteiger partial charge in [0.25, 0.3) is 0 Å². The Balaban J connectivity index is 1.46. The highest BCUT2D eigenvalue weighted by Crippen LogP contribution is 2.40. The lowest BCUT2D eigenvalue weighted by Gasteiger charge is -2.16. The molecule has 6 heteroatoms. The molecule has 5 nitrogen and oxygen atoms in total. The van der Waals surface area contributed by atoms with E-state index in [-0.39, 0.29) is 5.91 Å². The van der Waals surface area contributed by atoms with Gasteiger partial charge in [-0.15, -0.1) is 0 Å². The maximum atomic E-state index is 12.5. The molecule has 1 unspecified atom stereocenters. The summed E-state index contributed by atoms with van der Waals surface area (Å²) in [5, 5.41) is 6.76. The van der Waals surface area contributed by atoms with E-state index in [0.29, 0.717) is 10.9 Å². The van der Waals surface area contributed by atoms with Crippen LogP contribution in [-0.4, -0.2) is 16.9 Å². The third kappa shape index (κ3) is 3.40. The van der Waals surface area contributed by atoms with E-state index in [0.717, 1.165) is 46.8 Å². The van der Waals surface area contributed by atoms with Gasteiger partial charge < -0.3 is 15.1 Å². The lowest BCUT2D eigenvalue weighted by atomic mass is 10.2. The third-order valence-electron chi connectivity index (χ3n) is 4.63. The molecule has 26 heavy (non-hydrogen) atoms. The Morgan fingerprint density at radius 1 is 1.31 bits per heavy atom. The summed E-state index contributed by atoms with van der Waals surface area (Å²) in [5.74, 6) is 1.16. The molecule has 1 fully saturated rings. The van der Waals surface area contributed by atoms with Gasteiger partial charge in [0.15, 0.2) is 11.5 Å². The maximum absolute atomic E-state index is 12.5. The number of aromatic nitrogens is 1. The zero-order valence-electron chi connectivity index (χ0n) is 14.7. The van der Waals surface area contributed by atoms with E-state index in [1.165, 1.54) is 0 Å². The summed E-state index contributed by atoms with van der Waals surface area (Å²) in [6.45, 7) is 3.70. The molecule has 1 aliphatic rings. The van der Waals surface area contributed by atoms with E-state index in [1.54, 1.807) is 6.07 Å². The highest BCUT2D eigenvalue weighted by Gasteiger charge is 2.29. The number of rotatable bonds is 5. The number of hydrogen-bond donors (Lipinski definition) is 2. The van der Waals surface area contributed by atoms with Crippen LogP contribution in [0.15, 0.2) is 40.8 Å². The molecule has 1 aromatic heterocycles. The number of benzene rings is 2. The second-order valence-electron chi connectivity index (χ2n) is 6.78. The zero-order chi connectivity index (χ0) is 18.3. The predicted molar refractivity (Wildman–Crippen MR) is 104 cm³/mol. The van der Waals surface area contributed by atoms with Crippen LogP contribution in [0.3, 0.4) is 0 Å². The van der Waals surface area contributed by atoms with Crippen LogP contribution in [0.5, 0.6) is 0 Å². The lowest BCUT2D eigenvalue weighted by Crippen LogP contribution is -2.32. The molecular weight excluding hydrogens is 350 g/mol. The van der Waals surface area contributed by atoms with E-state index < -0.39 is 6.04 Å². The van der Waals surface area contributed by atoms with Crippen LogP contribution < -0.4 is 10.6 Å². The number of halogens is 1. The average molecular weight is 370 g/mol. The minimum atomic E-state index is -0.416. The highest BCUT2D eigenvalue weighted by atomic mass is 35.5. The molecule has 1 saturated carbocycles. The molecule has 134 valence electrons. The first-order valence-electron chi connectivity index (χ1n) is 8.74. The molecule has 1 atom stereocenters. The summed E-state index contributed by atoms with van der Waals surface area (Å²) in [7, 11) is 0. The maximum Gasteiger partial charge on any atom is 0.246 e. The van der Waals surface area contributed by atoms with E-state index in [2.05, 4.69) is 15.6 Å².